The van der Waals surface area contributed by atoms with Crippen LogP contribution in [0.15, 0.2) is 30.3 Å². The molecule has 2 fully saturated rings. The Bertz CT molecular complexity index is 532. The summed E-state index contributed by atoms with van der Waals surface area (Å²) >= 11 is 0. The Labute approximate surface area is 124 Å². The zero-order chi connectivity index (χ0) is 14.8. The summed E-state index contributed by atoms with van der Waals surface area (Å²) < 4.78 is 0. The van der Waals surface area contributed by atoms with Crippen LogP contribution in [0.4, 0.5) is 5.69 Å². The monoisotopic (exact) mass is 287 g/mol. The predicted octanol–water partition coefficient (Wildman–Crippen LogP) is 1.22. The fourth-order valence-corrected chi connectivity index (χ4v) is 3.40. The van der Waals surface area contributed by atoms with Crippen LogP contribution in [-0.4, -0.2) is 42.4 Å². The summed E-state index contributed by atoms with van der Waals surface area (Å²) in [6.07, 6.45) is 3.16. The minimum Gasteiger partial charge on any atom is -0.336 e. The number of carbonyl (C=O) groups excluding carboxylic acids is 2. The molecule has 2 saturated heterocycles. The average Bonchev–Trinajstić information content (AvgIpc) is 3.10. The second-order valence-corrected chi connectivity index (χ2v) is 6.00. The summed E-state index contributed by atoms with van der Waals surface area (Å²) in [6.45, 7) is 0.0988. The maximum atomic E-state index is 12.4. The highest BCUT2D eigenvalue weighted by Crippen LogP contribution is 2.34. The van der Waals surface area contributed by atoms with E-state index in [2.05, 4.69) is 10.6 Å². The minimum atomic E-state index is -0.159. The first kappa shape index (κ1) is 14.1. The number of fused-ring (bicyclic) bond motifs is 2. The first-order valence-electron chi connectivity index (χ1n) is 7.49. The second kappa shape index (κ2) is 5.85. The lowest BCUT2D eigenvalue weighted by Crippen LogP contribution is -2.42. The molecular weight excluding hydrogens is 266 g/mol. The van der Waals surface area contributed by atoms with Crippen LogP contribution in [0.3, 0.4) is 0 Å². The van der Waals surface area contributed by atoms with E-state index in [0.29, 0.717) is 12.1 Å². The van der Waals surface area contributed by atoms with Crippen LogP contribution in [0.25, 0.3) is 0 Å². The third-order valence-corrected chi connectivity index (χ3v) is 4.43. The van der Waals surface area contributed by atoms with Crippen LogP contribution in [0.5, 0.6) is 0 Å². The van der Waals surface area contributed by atoms with Gasteiger partial charge in [0.2, 0.25) is 11.8 Å². The van der Waals surface area contributed by atoms with Crippen molar-refractivity contribution >= 4 is 17.5 Å². The molecule has 0 aromatic heterocycles. The Morgan fingerprint density at radius 1 is 1.29 bits per heavy atom. The third-order valence-electron chi connectivity index (χ3n) is 4.43. The number of hydrogen-bond donors (Lipinski definition) is 2. The highest BCUT2D eigenvalue weighted by Gasteiger charge is 2.43. The van der Waals surface area contributed by atoms with Gasteiger partial charge in [-0.1, -0.05) is 18.2 Å². The molecule has 0 spiro atoms. The SMILES string of the molecule is CN(CC(=O)Nc1ccccc1)C(=O)C1CC2CCC1N2. The predicted molar refractivity (Wildman–Crippen MR) is 80.8 cm³/mol. The standard InChI is InChI=1S/C16H21N3O2/c1-19(10-15(20)18-11-5-3-2-4-6-11)16(21)13-9-12-7-8-14(13)17-12/h2-6,12-14,17H,7-10H2,1H3,(H,18,20). The molecule has 112 valence electrons. The molecule has 1 aromatic rings. The zero-order valence-corrected chi connectivity index (χ0v) is 12.2. The number of likely N-dealkylation sites (N-methyl/N-ethyl adjacent to an activating group) is 1. The third kappa shape index (κ3) is 3.08. The minimum absolute atomic E-state index is 0.0401. The Morgan fingerprint density at radius 2 is 2.05 bits per heavy atom. The smallest absolute Gasteiger partial charge is 0.243 e. The van der Waals surface area contributed by atoms with Crippen LogP contribution in [-0.2, 0) is 9.59 Å². The van der Waals surface area contributed by atoms with Crippen molar-refractivity contribution in [2.75, 3.05) is 18.9 Å². The van der Waals surface area contributed by atoms with Gasteiger partial charge in [-0.05, 0) is 31.4 Å². The van der Waals surface area contributed by atoms with E-state index in [4.69, 9.17) is 0 Å². The highest BCUT2D eigenvalue weighted by atomic mass is 16.2. The van der Waals surface area contributed by atoms with Gasteiger partial charge in [0.25, 0.3) is 0 Å². The molecule has 2 amide bonds. The summed E-state index contributed by atoms with van der Waals surface area (Å²) in [7, 11) is 1.71. The fraction of sp³-hybridized carbons (Fsp3) is 0.500. The summed E-state index contributed by atoms with van der Waals surface area (Å²) in [4.78, 5) is 26.0. The zero-order valence-electron chi connectivity index (χ0n) is 12.2. The lowest BCUT2D eigenvalue weighted by molar-refractivity contribution is -0.137. The van der Waals surface area contributed by atoms with E-state index in [1.165, 1.54) is 6.42 Å². The van der Waals surface area contributed by atoms with Crippen LogP contribution in [0, 0.1) is 5.92 Å². The fourth-order valence-electron chi connectivity index (χ4n) is 3.40. The van der Waals surface area contributed by atoms with Gasteiger partial charge < -0.3 is 15.5 Å². The normalized spacial score (nSPS) is 26.6. The molecule has 2 aliphatic rings. The summed E-state index contributed by atoms with van der Waals surface area (Å²) in [6, 6.07) is 10.1. The molecule has 5 heteroatoms. The number of benzene rings is 1. The van der Waals surface area contributed by atoms with Crippen molar-refractivity contribution in [3.8, 4) is 0 Å². The number of anilines is 1. The van der Waals surface area contributed by atoms with E-state index in [-0.39, 0.29) is 24.3 Å². The molecule has 0 aliphatic carbocycles. The lowest BCUT2D eigenvalue weighted by atomic mass is 9.88. The number of nitrogens with zero attached hydrogens (tertiary/aromatic N) is 1. The molecule has 3 unspecified atom stereocenters. The Balaban J connectivity index is 1.52. The summed E-state index contributed by atoms with van der Waals surface area (Å²) in [5, 5.41) is 6.26. The van der Waals surface area contributed by atoms with E-state index in [9.17, 15) is 9.59 Å². The van der Waals surface area contributed by atoms with Crippen molar-refractivity contribution in [3.63, 3.8) is 0 Å². The Morgan fingerprint density at radius 3 is 2.67 bits per heavy atom. The van der Waals surface area contributed by atoms with Crippen LogP contribution < -0.4 is 10.6 Å². The van der Waals surface area contributed by atoms with Gasteiger partial charge in [-0.3, -0.25) is 9.59 Å². The van der Waals surface area contributed by atoms with Crippen LogP contribution >= 0.6 is 0 Å². The van der Waals surface area contributed by atoms with Gasteiger partial charge in [0.1, 0.15) is 0 Å². The number of carbonyl (C=O) groups is 2. The molecule has 0 saturated carbocycles. The van der Waals surface area contributed by atoms with Gasteiger partial charge in [-0.2, -0.15) is 0 Å². The quantitative estimate of drug-likeness (QED) is 0.875. The first-order valence-corrected chi connectivity index (χ1v) is 7.49. The van der Waals surface area contributed by atoms with E-state index in [1.54, 1.807) is 11.9 Å². The molecule has 3 atom stereocenters. The highest BCUT2D eigenvalue weighted by molar-refractivity contribution is 5.94. The lowest BCUT2D eigenvalue weighted by Gasteiger charge is -2.25. The molecule has 2 heterocycles. The molecule has 0 radical (unpaired) electrons. The van der Waals surface area contributed by atoms with Gasteiger partial charge in [-0.25, -0.2) is 0 Å². The molecule has 2 aliphatic heterocycles. The maximum Gasteiger partial charge on any atom is 0.243 e. The molecule has 1 aromatic carbocycles. The van der Waals surface area contributed by atoms with E-state index in [0.717, 1.165) is 18.5 Å². The van der Waals surface area contributed by atoms with Gasteiger partial charge in [0.15, 0.2) is 0 Å². The molecule has 2 N–H and O–H groups in total. The van der Waals surface area contributed by atoms with E-state index in [1.807, 2.05) is 30.3 Å². The number of hydrogen-bond acceptors (Lipinski definition) is 3. The van der Waals surface area contributed by atoms with Crippen LogP contribution in [0.1, 0.15) is 19.3 Å². The number of para-hydroxylation sites is 1. The molecular formula is C16H21N3O2. The van der Waals surface area contributed by atoms with Gasteiger partial charge in [0, 0.05) is 24.8 Å². The van der Waals surface area contributed by atoms with Crippen molar-refractivity contribution in [1.29, 1.82) is 0 Å². The molecule has 21 heavy (non-hydrogen) atoms. The Hall–Kier alpha value is -1.88. The van der Waals surface area contributed by atoms with Crippen molar-refractivity contribution in [2.24, 2.45) is 5.92 Å². The summed E-state index contributed by atoms with van der Waals surface area (Å²) in [5.74, 6) is -0.0376. The van der Waals surface area contributed by atoms with Crippen molar-refractivity contribution in [3.05, 3.63) is 30.3 Å². The van der Waals surface area contributed by atoms with Gasteiger partial charge in [0.05, 0.1) is 12.5 Å². The topological polar surface area (TPSA) is 61.4 Å². The average molecular weight is 287 g/mol. The van der Waals surface area contributed by atoms with Crippen molar-refractivity contribution in [1.82, 2.24) is 10.2 Å². The largest absolute Gasteiger partial charge is 0.336 e. The molecule has 2 bridgehead atoms. The molecule has 5 nitrogen and oxygen atoms in total. The van der Waals surface area contributed by atoms with Gasteiger partial charge in [-0.15, -0.1) is 0 Å². The number of amides is 2. The maximum absolute atomic E-state index is 12.4. The van der Waals surface area contributed by atoms with E-state index < -0.39 is 0 Å². The Kier molecular flexibility index (Phi) is 3.92. The van der Waals surface area contributed by atoms with Crippen LogP contribution in [0.2, 0.25) is 0 Å². The van der Waals surface area contributed by atoms with Crippen molar-refractivity contribution in [2.45, 2.75) is 31.3 Å². The van der Waals surface area contributed by atoms with Crippen molar-refractivity contribution < 1.29 is 9.59 Å². The molecule has 3 rings (SSSR count). The summed E-state index contributed by atoms with van der Waals surface area (Å²) in [5.41, 5.74) is 0.755. The van der Waals surface area contributed by atoms with Gasteiger partial charge >= 0.3 is 0 Å². The van der Waals surface area contributed by atoms with E-state index >= 15 is 0 Å². The second-order valence-electron chi connectivity index (χ2n) is 6.00. The number of rotatable bonds is 4. The number of nitrogens with one attached hydrogen (secondary N) is 2. The first-order chi connectivity index (χ1) is 10.1.